The number of ketones is 1. The summed E-state index contributed by atoms with van der Waals surface area (Å²) in [7, 11) is 0. The van der Waals surface area contributed by atoms with Gasteiger partial charge in [0.15, 0.2) is 0 Å². The molecule has 1 heterocycles. The lowest BCUT2D eigenvalue weighted by atomic mass is 9.97. The highest BCUT2D eigenvalue weighted by atomic mass is 16.5. The number of hydrogen-bond acceptors (Lipinski definition) is 3. The Morgan fingerprint density at radius 1 is 1.31 bits per heavy atom. The summed E-state index contributed by atoms with van der Waals surface area (Å²) in [5.41, 5.74) is 0. The molecule has 1 fully saturated rings. The van der Waals surface area contributed by atoms with Crippen LogP contribution in [0.5, 0.6) is 0 Å². The molecule has 3 heteroatoms. The number of carbonyl (C=O) groups is 2. The minimum atomic E-state index is -0.124. The van der Waals surface area contributed by atoms with Crippen molar-refractivity contribution in [2.24, 2.45) is 5.92 Å². The Bertz CT molecular complexity index is 198. The average molecular weight is 184 g/mol. The molecule has 1 atom stereocenters. The van der Waals surface area contributed by atoms with Gasteiger partial charge >= 0.3 is 5.97 Å². The van der Waals surface area contributed by atoms with E-state index in [0.29, 0.717) is 44.0 Å². The smallest absolute Gasteiger partial charge is 0.305 e. The van der Waals surface area contributed by atoms with Gasteiger partial charge in [-0.2, -0.15) is 0 Å². The second kappa shape index (κ2) is 5.00. The second-order valence-electron chi connectivity index (χ2n) is 3.71. The summed E-state index contributed by atoms with van der Waals surface area (Å²) in [5, 5.41) is 0. The van der Waals surface area contributed by atoms with E-state index < -0.39 is 0 Å². The first-order chi connectivity index (χ1) is 6.18. The first kappa shape index (κ1) is 10.2. The zero-order chi connectivity index (χ0) is 9.68. The summed E-state index contributed by atoms with van der Waals surface area (Å²) in [6, 6.07) is 0. The van der Waals surface area contributed by atoms with Gasteiger partial charge in [0.25, 0.3) is 0 Å². The number of carbonyl (C=O) groups excluding carboxylic acids is 2. The van der Waals surface area contributed by atoms with E-state index >= 15 is 0 Å². The van der Waals surface area contributed by atoms with Crippen LogP contribution in [0.4, 0.5) is 0 Å². The van der Waals surface area contributed by atoms with Crippen LogP contribution in [0.2, 0.25) is 0 Å². The normalized spacial score (nSPS) is 26.7. The molecular weight excluding hydrogens is 168 g/mol. The highest BCUT2D eigenvalue weighted by Crippen LogP contribution is 2.14. The third-order valence-corrected chi connectivity index (χ3v) is 2.28. The summed E-state index contributed by atoms with van der Waals surface area (Å²) in [6.07, 6.45) is 3.07. The Hall–Kier alpha value is -0.860. The predicted molar refractivity (Wildman–Crippen MR) is 48.2 cm³/mol. The molecule has 1 aliphatic rings. The van der Waals surface area contributed by atoms with Crippen LogP contribution in [0.3, 0.4) is 0 Å². The highest BCUT2D eigenvalue weighted by molar-refractivity contribution is 5.78. The minimum Gasteiger partial charge on any atom is -0.466 e. The minimum absolute atomic E-state index is 0.124. The van der Waals surface area contributed by atoms with Crippen molar-refractivity contribution in [3.8, 4) is 0 Å². The van der Waals surface area contributed by atoms with Gasteiger partial charge in [0, 0.05) is 19.3 Å². The quantitative estimate of drug-likeness (QED) is 0.538. The molecule has 0 bridgehead atoms. The van der Waals surface area contributed by atoms with E-state index in [4.69, 9.17) is 4.74 Å². The lowest BCUT2D eigenvalue weighted by molar-refractivity contribution is -0.145. The largest absolute Gasteiger partial charge is 0.466 e. The van der Waals surface area contributed by atoms with Crippen LogP contribution in [-0.2, 0) is 14.3 Å². The van der Waals surface area contributed by atoms with Gasteiger partial charge in [-0.3, -0.25) is 9.59 Å². The Labute approximate surface area is 78.5 Å². The first-order valence-corrected chi connectivity index (χ1v) is 4.86. The first-order valence-electron chi connectivity index (χ1n) is 4.86. The van der Waals surface area contributed by atoms with Gasteiger partial charge < -0.3 is 4.74 Å². The fourth-order valence-electron chi connectivity index (χ4n) is 1.48. The van der Waals surface area contributed by atoms with Crippen LogP contribution in [-0.4, -0.2) is 18.4 Å². The fraction of sp³-hybridized carbons (Fsp3) is 0.800. The van der Waals surface area contributed by atoms with Crippen molar-refractivity contribution < 1.29 is 14.3 Å². The van der Waals surface area contributed by atoms with Crippen LogP contribution >= 0.6 is 0 Å². The lowest BCUT2D eigenvalue weighted by Crippen LogP contribution is -2.14. The molecule has 0 amide bonds. The molecule has 1 unspecified atom stereocenters. The van der Waals surface area contributed by atoms with Gasteiger partial charge in [-0.25, -0.2) is 0 Å². The van der Waals surface area contributed by atoms with Gasteiger partial charge in [-0.1, -0.05) is 6.92 Å². The summed E-state index contributed by atoms with van der Waals surface area (Å²) < 4.78 is 4.92. The van der Waals surface area contributed by atoms with Crippen molar-refractivity contribution in [2.45, 2.75) is 39.0 Å². The van der Waals surface area contributed by atoms with Gasteiger partial charge in [-0.15, -0.1) is 0 Å². The SMILES string of the molecule is CC1CCC(=O)OCCCC(=O)C1. The van der Waals surface area contributed by atoms with Crippen molar-refractivity contribution in [2.75, 3.05) is 6.61 Å². The Balaban J connectivity index is 2.41. The summed E-state index contributed by atoms with van der Waals surface area (Å²) in [5.74, 6) is 0.491. The molecule has 13 heavy (non-hydrogen) atoms. The summed E-state index contributed by atoms with van der Waals surface area (Å²) >= 11 is 0. The van der Waals surface area contributed by atoms with Gasteiger partial charge in [0.1, 0.15) is 5.78 Å². The highest BCUT2D eigenvalue weighted by Gasteiger charge is 2.14. The van der Waals surface area contributed by atoms with Crippen LogP contribution in [0.25, 0.3) is 0 Å². The third kappa shape index (κ3) is 4.06. The number of hydrogen-bond donors (Lipinski definition) is 0. The number of esters is 1. The maximum atomic E-state index is 11.3. The van der Waals surface area contributed by atoms with Gasteiger partial charge in [-0.05, 0) is 18.8 Å². The Kier molecular flexibility index (Phi) is 3.93. The molecule has 0 aromatic carbocycles. The van der Waals surface area contributed by atoms with Crippen molar-refractivity contribution in [3.63, 3.8) is 0 Å². The molecule has 3 nitrogen and oxygen atoms in total. The molecule has 0 saturated carbocycles. The van der Waals surface area contributed by atoms with Gasteiger partial charge in [0.05, 0.1) is 6.61 Å². The van der Waals surface area contributed by atoms with E-state index in [9.17, 15) is 9.59 Å². The molecule has 0 spiro atoms. The molecule has 0 aromatic heterocycles. The molecule has 74 valence electrons. The number of Topliss-reactive ketones (excluding diaryl/α,β-unsaturated/α-hetero) is 1. The maximum Gasteiger partial charge on any atom is 0.305 e. The molecule has 1 rings (SSSR count). The average Bonchev–Trinajstić information content (AvgIpc) is 2.08. The predicted octanol–water partition coefficient (Wildman–Crippen LogP) is 1.70. The molecular formula is C10H16O3. The number of ether oxygens (including phenoxy) is 1. The van der Waals surface area contributed by atoms with Crippen LogP contribution in [0.1, 0.15) is 39.0 Å². The van der Waals surface area contributed by atoms with E-state index in [1.54, 1.807) is 0 Å². The monoisotopic (exact) mass is 184 g/mol. The van der Waals surface area contributed by atoms with Crippen molar-refractivity contribution >= 4 is 11.8 Å². The summed E-state index contributed by atoms with van der Waals surface area (Å²) in [4.78, 5) is 22.3. The topological polar surface area (TPSA) is 43.4 Å². The number of cyclic esters (lactones) is 1. The van der Waals surface area contributed by atoms with Crippen LogP contribution in [0, 0.1) is 5.92 Å². The molecule has 0 aromatic rings. The zero-order valence-electron chi connectivity index (χ0n) is 8.04. The molecule has 1 aliphatic heterocycles. The van der Waals surface area contributed by atoms with Gasteiger partial charge in [0.2, 0.25) is 0 Å². The van der Waals surface area contributed by atoms with Crippen molar-refractivity contribution in [1.82, 2.24) is 0 Å². The van der Waals surface area contributed by atoms with E-state index in [1.165, 1.54) is 0 Å². The van der Waals surface area contributed by atoms with Crippen molar-refractivity contribution in [3.05, 3.63) is 0 Å². The lowest BCUT2D eigenvalue weighted by Gasteiger charge is -2.12. The van der Waals surface area contributed by atoms with E-state index in [1.807, 2.05) is 6.92 Å². The summed E-state index contributed by atoms with van der Waals surface area (Å²) in [6.45, 7) is 2.41. The van der Waals surface area contributed by atoms with Crippen LogP contribution in [0.15, 0.2) is 0 Å². The molecule has 0 radical (unpaired) electrons. The maximum absolute atomic E-state index is 11.3. The van der Waals surface area contributed by atoms with Crippen molar-refractivity contribution in [1.29, 1.82) is 0 Å². The molecule has 1 saturated heterocycles. The Morgan fingerprint density at radius 3 is 2.85 bits per heavy atom. The molecule has 0 N–H and O–H groups in total. The standard InChI is InChI=1S/C10H16O3/c1-8-4-5-10(12)13-6-2-3-9(11)7-8/h8H,2-7H2,1H3. The van der Waals surface area contributed by atoms with E-state index in [0.717, 1.165) is 6.42 Å². The van der Waals surface area contributed by atoms with E-state index in [2.05, 4.69) is 0 Å². The zero-order valence-corrected chi connectivity index (χ0v) is 8.04. The Morgan fingerprint density at radius 2 is 2.08 bits per heavy atom. The number of rotatable bonds is 0. The van der Waals surface area contributed by atoms with E-state index in [-0.39, 0.29) is 5.97 Å². The second-order valence-corrected chi connectivity index (χ2v) is 3.71. The third-order valence-electron chi connectivity index (χ3n) is 2.28. The fourth-order valence-corrected chi connectivity index (χ4v) is 1.48. The molecule has 0 aliphatic carbocycles. The van der Waals surface area contributed by atoms with Crippen LogP contribution < -0.4 is 0 Å².